The van der Waals surface area contributed by atoms with Gasteiger partial charge in [-0.2, -0.15) is 0 Å². The van der Waals surface area contributed by atoms with Crippen molar-refractivity contribution in [2.45, 2.75) is 71.0 Å². The molecule has 1 aliphatic rings. The van der Waals surface area contributed by atoms with Crippen molar-refractivity contribution in [3.05, 3.63) is 0 Å². The van der Waals surface area contributed by atoms with Crippen molar-refractivity contribution >= 4 is 5.91 Å². The van der Waals surface area contributed by atoms with Gasteiger partial charge >= 0.3 is 0 Å². The molecule has 0 radical (unpaired) electrons. The molecule has 0 aliphatic carbocycles. The van der Waals surface area contributed by atoms with Gasteiger partial charge in [0.1, 0.15) is 0 Å². The maximum atomic E-state index is 12.3. The van der Waals surface area contributed by atoms with Crippen LogP contribution >= 0.6 is 0 Å². The van der Waals surface area contributed by atoms with Crippen LogP contribution in [0.25, 0.3) is 0 Å². The first kappa shape index (κ1) is 16.4. The lowest BCUT2D eigenvalue weighted by Crippen LogP contribution is -2.39. The van der Waals surface area contributed by atoms with Gasteiger partial charge in [-0.1, -0.05) is 26.7 Å². The summed E-state index contributed by atoms with van der Waals surface area (Å²) in [5.74, 6) is 0.224. The van der Waals surface area contributed by atoms with E-state index in [4.69, 9.17) is 0 Å². The van der Waals surface area contributed by atoms with Gasteiger partial charge in [0.15, 0.2) is 0 Å². The average molecular weight is 271 g/mol. The summed E-state index contributed by atoms with van der Waals surface area (Å²) >= 11 is 0. The number of hydrogen-bond donors (Lipinski definition) is 2. The van der Waals surface area contributed by atoms with Crippen molar-refractivity contribution in [3.63, 3.8) is 0 Å². The predicted octanol–water partition coefficient (Wildman–Crippen LogP) is 1.94. The van der Waals surface area contributed by atoms with Crippen molar-refractivity contribution in [2.24, 2.45) is 5.92 Å². The van der Waals surface area contributed by atoms with Gasteiger partial charge in [-0.05, 0) is 26.2 Å². The molecular formula is C15H29NO3. The normalized spacial score (nSPS) is 21.7. The Labute approximate surface area is 116 Å². The SMILES string of the molecule is CCCC(O)(CCC)CC(=O)N1CCC(C(C)O)C1. The van der Waals surface area contributed by atoms with Crippen molar-refractivity contribution in [3.8, 4) is 0 Å². The standard InChI is InChI=1S/C15H29NO3/c1-4-7-15(19,8-5-2)10-14(18)16-9-6-13(11-16)12(3)17/h12-13,17,19H,4-11H2,1-3H3. The van der Waals surface area contributed by atoms with Crippen LogP contribution in [0.1, 0.15) is 59.3 Å². The predicted molar refractivity (Wildman–Crippen MR) is 75.8 cm³/mol. The summed E-state index contributed by atoms with van der Waals surface area (Å²) in [7, 11) is 0. The van der Waals surface area contributed by atoms with Crippen molar-refractivity contribution in [1.29, 1.82) is 0 Å². The maximum absolute atomic E-state index is 12.3. The van der Waals surface area contributed by atoms with Crippen LogP contribution in [0.5, 0.6) is 0 Å². The van der Waals surface area contributed by atoms with Crippen LogP contribution in [0, 0.1) is 5.92 Å². The van der Waals surface area contributed by atoms with Crippen LogP contribution < -0.4 is 0 Å². The fourth-order valence-corrected chi connectivity index (χ4v) is 3.03. The molecule has 112 valence electrons. The molecule has 0 aromatic rings. The van der Waals surface area contributed by atoms with E-state index in [1.54, 1.807) is 11.8 Å². The van der Waals surface area contributed by atoms with E-state index in [1.165, 1.54) is 0 Å². The first-order chi connectivity index (χ1) is 8.91. The van der Waals surface area contributed by atoms with Gasteiger partial charge in [-0.15, -0.1) is 0 Å². The highest BCUT2D eigenvalue weighted by atomic mass is 16.3. The number of carbonyl (C=O) groups is 1. The first-order valence-corrected chi connectivity index (χ1v) is 7.60. The lowest BCUT2D eigenvalue weighted by molar-refractivity contribution is -0.136. The van der Waals surface area contributed by atoms with Gasteiger partial charge in [0.05, 0.1) is 18.1 Å². The molecule has 1 saturated heterocycles. The molecule has 2 atom stereocenters. The summed E-state index contributed by atoms with van der Waals surface area (Å²) < 4.78 is 0. The quantitative estimate of drug-likeness (QED) is 0.744. The van der Waals surface area contributed by atoms with Crippen LogP contribution in [-0.4, -0.2) is 45.8 Å². The summed E-state index contributed by atoms with van der Waals surface area (Å²) in [5, 5.41) is 20.1. The number of carbonyl (C=O) groups excluding carboxylic acids is 1. The second kappa shape index (κ2) is 7.25. The third-order valence-corrected chi connectivity index (χ3v) is 4.17. The third kappa shape index (κ3) is 4.77. The highest BCUT2D eigenvalue weighted by Crippen LogP contribution is 2.27. The molecule has 0 spiro atoms. The number of rotatable bonds is 7. The van der Waals surface area contributed by atoms with Crippen LogP contribution in [0.15, 0.2) is 0 Å². The molecule has 4 nitrogen and oxygen atoms in total. The summed E-state index contributed by atoms with van der Waals surface area (Å²) in [6, 6.07) is 0. The molecule has 0 bridgehead atoms. The van der Waals surface area contributed by atoms with Gasteiger partial charge in [-0.3, -0.25) is 4.79 Å². The van der Waals surface area contributed by atoms with Gasteiger partial charge in [-0.25, -0.2) is 0 Å². The van der Waals surface area contributed by atoms with Crippen LogP contribution in [0.4, 0.5) is 0 Å². The number of nitrogens with zero attached hydrogens (tertiary/aromatic N) is 1. The molecule has 1 fully saturated rings. The summed E-state index contributed by atoms with van der Waals surface area (Å²) in [4.78, 5) is 14.1. The minimum absolute atomic E-state index is 0.0348. The smallest absolute Gasteiger partial charge is 0.225 e. The average Bonchev–Trinajstić information content (AvgIpc) is 2.78. The summed E-state index contributed by atoms with van der Waals surface area (Å²) in [6.07, 6.45) is 3.87. The molecular weight excluding hydrogens is 242 g/mol. The minimum atomic E-state index is -0.844. The second-order valence-electron chi connectivity index (χ2n) is 6.03. The van der Waals surface area contributed by atoms with Gasteiger partial charge in [0.2, 0.25) is 5.91 Å². The van der Waals surface area contributed by atoms with Crippen LogP contribution in [0.2, 0.25) is 0 Å². The monoisotopic (exact) mass is 271 g/mol. The van der Waals surface area contributed by atoms with Crippen LogP contribution in [0.3, 0.4) is 0 Å². The Kier molecular flexibility index (Phi) is 6.27. The molecule has 2 N–H and O–H groups in total. The van der Waals surface area contributed by atoms with E-state index < -0.39 is 5.60 Å². The third-order valence-electron chi connectivity index (χ3n) is 4.17. The number of aliphatic hydroxyl groups is 2. The Morgan fingerprint density at radius 2 is 1.95 bits per heavy atom. The molecule has 0 saturated carbocycles. The number of aliphatic hydroxyl groups excluding tert-OH is 1. The van der Waals surface area contributed by atoms with Crippen LogP contribution in [-0.2, 0) is 4.79 Å². The zero-order chi connectivity index (χ0) is 14.5. The van der Waals surface area contributed by atoms with E-state index in [0.29, 0.717) is 25.9 Å². The van der Waals surface area contributed by atoms with Gasteiger partial charge in [0, 0.05) is 19.0 Å². The van der Waals surface area contributed by atoms with Crippen molar-refractivity contribution < 1.29 is 15.0 Å². The maximum Gasteiger partial charge on any atom is 0.225 e. The molecule has 1 rings (SSSR count). The van der Waals surface area contributed by atoms with E-state index in [-0.39, 0.29) is 24.3 Å². The van der Waals surface area contributed by atoms with Crippen molar-refractivity contribution in [2.75, 3.05) is 13.1 Å². The van der Waals surface area contributed by atoms with E-state index in [2.05, 4.69) is 0 Å². The molecule has 0 aromatic carbocycles. The molecule has 1 amide bonds. The Morgan fingerprint density at radius 3 is 2.37 bits per heavy atom. The lowest BCUT2D eigenvalue weighted by atomic mass is 9.89. The van der Waals surface area contributed by atoms with Gasteiger partial charge in [0.25, 0.3) is 0 Å². The van der Waals surface area contributed by atoms with E-state index >= 15 is 0 Å². The highest BCUT2D eigenvalue weighted by molar-refractivity contribution is 5.77. The Hall–Kier alpha value is -0.610. The molecule has 0 aromatic heterocycles. The van der Waals surface area contributed by atoms with Gasteiger partial charge < -0.3 is 15.1 Å². The number of hydrogen-bond acceptors (Lipinski definition) is 3. The largest absolute Gasteiger partial charge is 0.393 e. The lowest BCUT2D eigenvalue weighted by Gasteiger charge is -2.29. The Morgan fingerprint density at radius 1 is 1.37 bits per heavy atom. The zero-order valence-electron chi connectivity index (χ0n) is 12.6. The van der Waals surface area contributed by atoms with E-state index in [1.807, 2.05) is 13.8 Å². The summed E-state index contributed by atoms with van der Waals surface area (Å²) in [5.41, 5.74) is -0.844. The second-order valence-corrected chi connectivity index (χ2v) is 6.03. The molecule has 2 unspecified atom stereocenters. The topological polar surface area (TPSA) is 60.8 Å². The molecule has 1 aliphatic heterocycles. The Bertz CT molecular complexity index is 285. The van der Waals surface area contributed by atoms with E-state index in [0.717, 1.165) is 19.3 Å². The fourth-order valence-electron chi connectivity index (χ4n) is 3.03. The summed E-state index contributed by atoms with van der Waals surface area (Å²) in [6.45, 7) is 7.19. The van der Waals surface area contributed by atoms with E-state index in [9.17, 15) is 15.0 Å². The first-order valence-electron chi connectivity index (χ1n) is 7.60. The molecule has 19 heavy (non-hydrogen) atoms. The number of likely N-dealkylation sites (tertiary alicyclic amines) is 1. The van der Waals surface area contributed by atoms with Crippen molar-refractivity contribution in [1.82, 2.24) is 4.90 Å². The zero-order valence-corrected chi connectivity index (χ0v) is 12.6. The fraction of sp³-hybridized carbons (Fsp3) is 0.933. The number of amides is 1. The highest BCUT2D eigenvalue weighted by Gasteiger charge is 2.34. The Balaban J connectivity index is 2.53. The molecule has 1 heterocycles. The molecule has 4 heteroatoms. The minimum Gasteiger partial charge on any atom is -0.393 e.